The van der Waals surface area contributed by atoms with Crippen LogP contribution in [-0.4, -0.2) is 26.6 Å². The molecule has 5 heteroatoms. The van der Waals surface area contributed by atoms with E-state index in [1.54, 1.807) is 12.1 Å². The third-order valence-electron chi connectivity index (χ3n) is 3.69. The minimum absolute atomic E-state index is 0.0529. The maximum Gasteiger partial charge on any atom is 0.262 e. The van der Waals surface area contributed by atoms with Crippen LogP contribution in [0.4, 0.5) is 17.1 Å². The Morgan fingerprint density at radius 3 is 2.42 bits per heavy atom. The minimum Gasteiger partial charge on any atom is -0.484 e. The monoisotopic (exact) mass is 327 g/mol. The van der Waals surface area contributed by atoms with Crippen LogP contribution < -0.4 is 20.7 Å². The second-order valence-corrected chi connectivity index (χ2v) is 6.23. The summed E-state index contributed by atoms with van der Waals surface area (Å²) in [5.74, 6) is 0.918. The Morgan fingerprint density at radius 2 is 1.83 bits per heavy atom. The van der Waals surface area contributed by atoms with Crippen molar-refractivity contribution in [3.63, 3.8) is 0 Å². The number of benzene rings is 2. The largest absolute Gasteiger partial charge is 0.484 e. The third-order valence-corrected chi connectivity index (χ3v) is 3.69. The standard InChI is InChI=1S/C19H25N3O2/c1-13(2)14-5-8-16(9-6-14)24-12-19(23)21-17-11-15(20)7-10-18(17)22(3)4/h5-11,13H,12,20H2,1-4H3,(H,21,23). The van der Waals surface area contributed by atoms with Crippen molar-refractivity contribution >= 4 is 23.0 Å². The van der Waals surface area contributed by atoms with Gasteiger partial charge in [-0.05, 0) is 41.8 Å². The fourth-order valence-electron chi connectivity index (χ4n) is 2.33. The average Bonchev–Trinajstić information content (AvgIpc) is 2.53. The van der Waals surface area contributed by atoms with E-state index in [2.05, 4.69) is 19.2 Å². The van der Waals surface area contributed by atoms with Crippen LogP contribution in [-0.2, 0) is 4.79 Å². The van der Waals surface area contributed by atoms with Gasteiger partial charge >= 0.3 is 0 Å². The molecule has 0 aliphatic heterocycles. The molecule has 1 amide bonds. The predicted octanol–water partition coefficient (Wildman–Crippen LogP) is 3.48. The van der Waals surface area contributed by atoms with Gasteiger partial charge in [0, 0.05) is 19.8 Å². The van der Waals surface area contributed by atoms with E-state index in [1.807, 2.05) is 49.3 Å². The summed E-state index contributed by atoms with van der Waals surface area (Å²) in [5, 5.41) is 2.85. The van der Waals surface area contributed by atoms with E-state index in [-0.39, 0.29) is 12.5 Å². The number of nitrogens with two attached hydrogens (primary N) is 1. The molecule has 0 aliphatic carbocycles. The maximum atomic E-state index is 12.2. The van der Waals surface area contributed by atoms with E-state index in [0.717, 1.165) is 5.69 Å². The Kier molecular flexibility index (Phi) is 5.68. The fraction of sp³-hybridized carbons (Fsp3) is 0.316. The molecule has 0 saturated carbocycles. The van der Waals surface area contributed by atoms with E-state index in [9.17, 15) is 4.79 Å². The number of nitrogens with one attached hydrogen (secondary N) is 1. The highest BCUT2D eigenvalue weighted by Gasteiger charge is 2.10. The number of amides is 1. The van der Waals surface area contributed by atoms with Gasteiger partial charge in [-0.25, -0.2) is 0 Å². The summed E-state index contributed by atoms with van der Waals surface area (Å²) < 4.78 is 5.55. The highest BCUT2D eigenvalue weighted by Crippen LogP contribution is 2.26. The molecule has 24 heavy (non-hydrogen) atoms. The quantitative estimate of drug-likeness (QED) is 0.797. The van der Waals surface area contributed by atoms with Crippen molar-refractivity contribution in [1.29, 1.82) is 0 Å². The van der Waals surface area contributed by atoms with Crippen molar-refractivity contribution in [3.8, 4) is 5.75 Å². The molecule has 2 rings (SSSR count). The van der Waals surface area contributed by atoms with Crippen molar-refractivity contribution in [2.45, 2.75) is 19.8 Å². The Hall–Kier alpha value is -2.69. The van der Waals surface area contributed by atoms with Crippen LogP contribution in [0.25, 0.3) is 0 Å². The lowest BCUT2D eigenvalue weighted by molar-refractivity contribution is -0.118. The zero-order chi connectivity index (χ0) is 17.7. The molecule has 2 aromatic carbocycles. The second kappa shape index (κ2) is 7.73. The highest BCUT2D eigenvalue weighted by molar-refractivity contribution is 5.96. The van der Waals surface area contributed by atoms with Crippen molar-refractivity contribution in [3.05, 3.63) is 48.0 Å². The molecule has 0 heterocycles. The molecule has 0 atom stereocenters. The molecule has 0 spiro atoms. The third kappa shape index (κ3) is 4.65. The summed E-state index contributed by atoms with van der Waals surface area (Å²) in [4.78, 5) is 14.1. The summed E-state index contributed by atoms with van der Waals surface area (Å²) in [6.07, 6.45) is 0. The van der Waals surface area contributed by atoms with Gasteiger partial charge in [0.25, 0.3) is 5.91 Å². The van der Waals surface area contributed by atoms with E-state index >= 15 is 0 Å². The fourth-order valence-corrected chi connectivity index (χ4v) is 2.33. The molecular formula is C19H25N3O2. The smallest absolute Gasteiger partial charge is 0.262 e. The molecular weight excluding hydrogens is 302 g/mol. The zero-order valence-electron chi connectivity index (χ0n) is 14.7. The Bertz CT molecular complexity index is 694. The van der Waals surface area contributed by atoms with E-state index < -0.39 is 0 Å². The van der Waals surface area contributed by atoms with E-state index in [0.29, 0.717) is 23.0 Å². The number of rotatable bonds is 6. The van der Waals surface area contributed by atoms with Crippen molar-refractivity contribution in [1.82, 2.24) is 0 Å². The van der Waals surface area contributed by atoms with Gasteiger partial charge < -0.3 is 20.7 Å². The van der Waals surface area contributed by atoms with Crippen LogP contribution >= 0.6 is 0 Å². The van der Waals surface area contributed by atoms with Gasteiger partial charge in [-0.15, -0.1) is 0 Å². The molecule has 2 aromatic rings. The van der Waals surface area contributed by atoms with Crippen molar-refractivity contribution in [2.75, 3.05) is 36.7 Å². The van der Waals surface area contributed by atoms with Gasteiger partial charge in [-0.3, -0.25) is 4.79 Å². The molecule has 3 N–H and O–H groups in total. The number of nitrogen functional groups attached to an aromatic ring is 1. The first kappa shape index (κ1) is 17.7. The zero-order valence-corrected chi connectivity index (χ0v) is 14.7. The summed E-state index contributed by atoms with van der Waals surface area (Å²) in [5.41, 5.74) is 9.20. The van der Waals surface area contributed by atoms with Crippen molar-refractivity contribution in [2.24, 2.45) is 0 Å². The van der Waals surface area contributed by atoms with Crippen LogP contribution in [0.2, 0.25) is 0 Å². The van der Waals surface area contributed by atoms with Crippen LogP contribution in [0.15, 0.2) is 42.5 Å². The topological polar surface area (TPSA) is 67.6 Å². The van der Waals surface area contributed by atoms with E-state index in [4.69, 9.17) is 10.5 Å². The molecule has 0 saturated heterocycles. The summed E-state index contributed by atoms with van der Waals surface area (Å²) >= 11 is 0. The van der Waals surface area contributed by atoms with Crippen LogP contribution in [0.1, 0.15) is 25.3 Å². The number of anilines is 3. The Labute approximate surface area is 143 Å². The molecule has 0 aromatic heterocycles. The molecule has 128 valence electrons. The number of nitrogens with zero attached hydrogens (tertiary/aromatic N) is 1. The molecule has 0 fully saturated rings. The number of hydrogen-bond acceptors (Lipinski definition) is 4. The number of ether oxygens (including phenoxy) is 1. The first-order valence-electron chi connectivity index (χ1n) is 7.96. The molecule has 0 radical (unpaired) electrons. The SMILES string of the molecule is CC(C)c1ccc(OCC(=O)Nc2cc(N)ccc2N(C)C)cc1. The predicted molar refractivity (Wildman–Crippen MR) is 99.8 cm³/mol. The maximum absolute atomic E-state index is 12.2. The first-order valence-corrected chi connectivity index (χ1v) is 7.96. The molecule has 0 bridgehead atoms. The summed E-state index contributed by atoms with van der Waals surface area (Å²) in [7, 11) is 3.82. The molecule has 5 nitrogen and oxygen atoms in total. The lowest BCUT2D eigenvalue weighted by atomic mass is 10.0. The normalized spacial score (nSPS) is 10.5. The van der Waals surface area contributed by atoms with Crippen LogP contribution in [0.3, 0.4) is 0 Å². The van der Waals surface area contributed by atoms with Crippen LogP contribution in [0, 0.1) is 0 Å². The van der Waals surface area contributed by atoms with Gasteiger partial charge in [-0.2, -0.15) is 0 Å². The first-order chi connectivity index (χ1) is 11.4. The molecule has 0 aliphatic rings. The van der Waals surface area contributed by atoms with Gasteiger partial charge in [0.05, 0.1) is 11.4 Å². The number of hydrogen-bond donors (Lipinski definition) is 2. The minimum atomic E-state index is -0.225. The Morgan fingerprint density at radius 1 is 1.17 bits per heavy atom. The Balaban J connectivity index is 1.97. The van der Waals surface area contributed by atoms with Gasteiger partial charge in [0.1, 0.15) is 5.75 Å². The van der Waals surface area contributed by atoms with Crippen molar-refractivity contribution < 1.29 is 9.53 Å². The number of carbonyl (C=O) groups excluding carboxylic acids is 1. The number of carbonyl (C=O) groups is 1. The highest BCUT2D eigenvalue weighted by atomic mass is 16.5. The van der Waals surface area contributed by atoms with Gasteiger partial charge in [0.15, 0.2) is 6.61 Å². The van der Waals surface area contributed by atoms with Gasteiger partial charge in [0.2, 0.25) is 0 Å². The second-order valence-electron chi connectivity index (χ2n) is 6.23. The summed E-state index contributed by atoms with van der Waals surface area (Å²) in [6, 6.07) is 13.2. The van der Waals surface area contributed by atoms with E-state index in [1.165, 1.54) is 5.56 Å². The summed E-state index contributed by atoms with van der Waals surface area (Å²) in [6.45, 7) is 4.22. The van der Waals surface area contributed by atoms with Gasteiger partial charge in [-0.1, -0.05) is 26.0 Å². The average molecular weight is 327 g/mol. The molecule has 0 unspecified atom stereocenters. The van der Waals surface area contributed by atoms with Crippen LogP contribution in [0.5, 0.6) is 5.75 Å². The lowest BCUT2D eigenvalue weighted by Crippen LogP contribution is -2.22. The lowest BCUT2D eigenvalue weighted by Gasteiger charge is -2.18.